The number of anilines is 1. The van der Waals surface area contributed by atoms with E-state index in [1.54, 1.807) is 6.92 Å². The van der Waals surface area contributed by atoms with E-state index in [4.69, 9.17) is 4.74 Å². The van der Waals surface area contributed by atoms with Gasteiger partial charge in [0.15, 0.2) is 0 Å². The van der Waals surface area contributed by atoms with Gasteiger partial charge in [-0.05, 0) is 62.4 Å². The minimum Gasteiger partial charge on any atom is -0.465 e. The zero-order valence-electron chi connectivity index (χ0n) is 17.4. The molecule has 2 aromatic rings. The molecule has 0 radical (unpaired) electrons. The molecular weight excluding hydrogens is 420 g/mol. The van der Waals surface area contributed by atoms with E-state index in [0.29, 0.717) is 21.7 Å². The van der Waals surface area contributed by atoms with Crippen LogP contribution in [0, 0.1) is 0 Å². The fourth-order valence-electron chi connectivity index (χ4n) is 3.38. The topological polar surface area (TPSA) is 111 Å². The third-order valence-corrected chi connectivity index (χ3v) is 6.09. The summed E-state index contributed by atoms with van der Waals surface area (Å²) in [4.78, 5) is 49.8. The number of nitrogens with one attached hydrogen (secondary N) is 2. The van der Waals surface area contributed by atoms with Crippen LogP contribution in [0.2, 0.25) is 0 Å². The van der Waals surface area contributed by atoms with Gasteiger partial charge in [0.05, 0.1) is 31.4 Å². The summed E-state index contributed by atoms with van der Waals surface area (Å²) in [6.07, 6.45) is 3.71. The van der Waals surface area contributed by atoms with E-state index < -0.39 is 23.8 Å². The van der Waals surface area contributed by atoms with E-state index in [2.05, 4.69) is 15.4 Å². The second-order valence-corrected chi connectivity index (χ2v) is 8.04. The molecule has 1 heterocycles. The first kappa shape index (κ1) is 22.5. The van der Waals surface area contributed by atoms with E-state index >= 15 is 0 Å². The van der Waals surface area contributed by atoms with E-state index in [1.165, 1.54) is 42.7 Å². The molecule has 0 atom stereocenters. The normalized spacial score (nSPS) is 12.5. The van der Waals surface area contributed by atoms with Crippen LogP contribution < -0.4 is 10.6 Å². The van der Waals surface area contributed by atoms with Gasteiger partial charge in [-0.15, -0.1) is 11.3 Å². The van der Waals surface area contributed by atoms with Gasteiger partial charge < -0.3 is 20.1 Å². The van der Waals surface area contributed by atoms with Crippen LogP contribution in [0.25, 0.3) is 0 Å². The van der Waals surface area contributed by atoms with Gasteiger partial charge >= 0.3 is 11.9 Å². The SMILES string of the molecule is CCOC(=O)c1c(NC(=O)CNC(=O)c2ccc(C(=O)OC)cc2)sc2c1CCCC2. The van der Waals surface area contributed by atoms with E-state index in [9.17, 15) is 19.2 Å². The summed E-state index contributed by atoms with van der Waals surface area (Å²) in [5, 5.41) is 5.75. The highest BCUT2D eigenvalue weighted by Gasteiger charge is 2.27. The monoisotopic (exact) mass is 444 g/mol. The number of aryl methyl sites for hydroxylation is 1. The van der Waals surface area contributed by atoms with E-state index in [0.717, 1.165) is 36.1 Å². The van der Waals surface area contributed by atoms with Crippen LogP contribution in [-0.4, -0.2) is 44.0 Å². The van der Waals surface area contributed by atoms with Crippen LogP contribution in [-0.2, 0) is 27.1 Å². The summed E-state index contributed by atoms with van der Waals surface area (Å²) in [5.41, 5.74) is 2.02. The van der Waals surface area contributed by atoms with Crippen molar-refractivity contribution in [2.45, 2.75) is 32.6 Å². The molecule has 0 spiro atoms. The highest BCUT2D eigenvalue weighted by molar-refractivity contribution is 7.17. The maximum absolute atomic E-state index is 12.5. The molecule has 0 bridgehead atoms. The highest BCUT2D eigenvalue weighted by Crippen LogP contribution is 2.38. The highest BCUT2D eigenvalue weighted by atomic mass is 32.1. The molecule has 0 fully saturated rings. The predicted molar refractivity (Wildman–Crippen MR) is 116 cm³/mol. The van der Waals surface area contributed by atoms with Crippen molar-refractivity contribution in [2.75, 3.05) is 25.6 Å². The number of thiophene rings is 1. The third-order valence-electron chi connectivity index (χ3n) is 4.88. The van der Waals surface area contributed by atoms with E-state index in [-0.39, 0.29) is 13.2 Å². The molecule has 3 rings (SSSR count). The van der Waals surface area contributed by atoms with Crippen molar-refractivity contribution < 1.29 is 28.7 Å². The Kier molecular flexibility index (Phi) is 7.41. The molecule has 1 aromatic carbocycles. The van der Waals surface area contributed by atoms with Crippen LogP contribution in [0.4, 0.5) is 5.00 Å². The van der Waals surface area contributed by atoms with Crippen molar-refractivity contribution in [1.82, 2.24) is 5.32 Å². The molecule has 1 aliphatic carbocycles. The van der Waals surface area contributed by atoms with Gasteiger partial charge in [-0.3, -0.25) is 9.59 Å². The fourth-order valence-corrected chi connectivity index (χ4v) is 4.68. The van der Waals surface area contributed by atoms with Gasteiger partial charge in [0, 0.05) is 10.4 Å². The standard InChI is InChI=1S/C22H24N2O6S/c1-3-30-22(28)18-15-6-4-5-7-16(15)31-20(18)24-17(25)12-23-19(26)13-8-10-14(11-9-13)21(27)29-2/h8-11H,3-7,12H2,1-2H3,(H,23,26)(H,24,25). The zero-order chi connectivity index (χ0) is 22.4. The first-order valence-electron chi connectivity index (χ1n) is 10.0. The average Bonchev–Trinajstić information content (AvgIpc) is 3.15. The zero-order valence-corrected chi connectivity index (χ0v) is 18.2. The van der Waals surface area contributed by atoms with Crippen LogP contribution in [0.1, 0.15) is 61.3 Å². The van der Waals surface area contributed by atoms with Crippen molar-refractivity contribution in [3.63, 3.8) is 0 Å². The van der Waals surface area contributed by atoms with Gasteiger partial charge in [0.1, 0.15) is 5.00 Å². The molecule has 2 amide bonds. The fraction of sp³-hybridized carbons (Fsp3) is 0.364. The maximum atomic E-state index is 12.5. The summed E-state index contributed by atoms with van der Waals surface area (Å²) in [5.74, 6) is -1.83. The number of benzene rings is 1. The molecule has 0 saturated carbocycles. The van der Waals surface area contributed by atoms with Crippen LogP contribution in [0.5, 0.6) is 0 Å². The van der Waals surface area contributed by atoms with Crippen molar-refractivity contribution >= 4 is 40.1 Å². The number of ether oxygens (including phenoxy) is 2. The minimum absolute atomic E-state index is 0.252. The second kappa shape index (κ2) is 10.2. The molecule has 0 unspecified atom stereocenters. The Morgan fingerprint density at radius 3 is 2.35 bits per heavy atom. The molecular formula is C22H24N2O6S. The average molecular weight is 445 g/mol. The lowest BCUT2D eigenvalue weighted by atomic mass is 9.95. The molecule has 1 aromatic heterocycles. The number of carbonyl (C=O) groups is 4. The number of rotatable bonds is 7. The van der Waals surface area contributed by atoms with Crippen molar-refractivity contribution in [1.29, 1.82) is 0 Å². The summed E-state index contributed by atoms with van der Waals surface area (Å²) < 4.78 is 9.80. The van der Waals surface area contributed by atoms with Gasteiger partial charge in [-0.2, -0.15) is 0 Å². The first-order valence-corrected chi connectivity index (χ1v) is 10.8. The van der Waals surface area contributed by atoms with Gasteiger partial charge in [-0.1, -0.05) is 0 Å². The number of hydrogen-bond acceptors (Lipinski definition) is 7. The van der Waals surface area contributed by atoms with Gasteiger partial charge in [-0.25, -0.2) is 9.59 Å². The van der Waals surface area contributed by atoms with Crippen molar-refractivity contribution in [3.05, 3.63) is 51.4 Å². The number of carbonyl (C=O) groups excluding carboxylic acids is 4. The number of methoxy groups -OCH3 is 1. The maximum Gasteiger partial charge on any atom is 0.341 e. The Hall–Kier alpha value is -3.20. The van der Waals surface area contributed by atoms with Crippen LogP contribution >= 0.6 is 11.3 Å². The Morgan fingerprint density at radius 2 is 1.68 bits per heavy atom. The van der Waals surface area contributed by atoms with Crippen molar-refractivity contribution in [2.24, 2.45) is 0 Å². The van der Waals surface area contributed by atoms with E-state index in [1.807, 2.05) is 0 Å². The van der Waals surface area contributed by atoms with Crippen LogP contribution in [0.15, 0.2) is 24.3 Å². The lowest BCUT2D eigenvalue weighted by Crippen LogP contribution is -2.33. The molecule has 0 aliphatic heterocycles. The Morgan fingerprint density at radius 1 is 1.00 bits per heavy atom. The number of esters is 2. The number of fused-ring (bicyclic) bond motifs is 1. The van der Waals surface area contributed by atoms with Gasteiger partial charge in [0.2, 0.25) is 5.91 Å². The molecule has 164 valence electrons. The Bertz CT molecular complexity index is 996. The smallest absolute Gasteiger partial charge is 0.341 e. The summed E-state index contributed by atoms with van der Waals surface area (Å²) in [6, 6.07) is 5.91. The Balaban J connectivity index is 1.64. The molecule has 1 aliphatic rings. The van der Waals surface area contributed by atoms with Gasteiger partial charge in [0.25, 0.3) is 5.91 Å². The minimum atomic E-state index is -0.498. The molecule has 2 N–H and O–H groups in total. The largest absolute Gasteiger partial charge is 0.465 e. The molecule has 0 saturated heterocycles. The lowest BCUT2D eigenvalue weighted by molar-refractivity contribution is -0.115. The lowest BCUT2D eigenvalue weighted by Gasteiger charge is -2.12. The predicted octanol–water partition coefficient (Wildman–Crippen LogP) is 2.96. The number of hydrogen-bond donors (Lipinski definition) is 2. The molecule has 9 heteroatoms. The third kappa shape index (κ3) is 5.29. The summed E-state index contributed by atoms with van der Waals surface area (Å²) in [6.45, 7) is 1.73. The summed E-state index contributed by atoms with van der Waals surface area (Å²) in [7, 11) is 1.28. The quantitative estimate of drug-likeness (QED) is 0.635. The second-order valence-electron chi connectivity index (χ2n) is 6.94. The Labute approximate surface area is 183 Å². The number of amides is 2. The molecule has 31 heavy (non-hydrogen) atoms. The molecule has 8 nitrogen and oxygen atoms in total. The summed E-state index contributed by atoms with van der Waals surface area (Å²) >= 11 is 1.39. The first-order chi connectivity index (χ1) is 14.9. The van der Waals surface area contributed by atoms with Crippen LogP contribution in [0.3, 0.4) is 0 Å². The van der Waals surface area contributed by atoms with Crippen molar-refractivity contribution in [3.8, 4) is 0 Å².